The number of hydrogen-bond donors (Lipinski definition) is 0. The Labute approximate surface area is 117 Å². The van der Waals surface area contributed by atoms with Gasteiger partial charge in [-0.15, -0.1) is 0 Å². The number of carbonyl (C=O) groups excluding carboxylic acids is 1. The number of ketones is 1. The van der Waals surface area contributed by atoms with Gasteiger partial charge in [0.1, 0.15) is 11.5 Å². The molecule has 0 aliphatic heterocycles. The number of rotatable bonds is 6. The van der Waals surface area contributed by atoms with Crippen LogP contribution in [0.5, 0.6) is 11.5 Å². The molecular formula is C13H13F5O3. The summed E-state index contributed by atoms with van der Waals surface area (Å²) >= 11 is 0. The van der Waals surface area contributed by atoms with E-state index in [1.54, 1.807) is 13.8 Å². The molecule has 8 heteroatoms. The molecule has 118 valence electrons. The van der Waals surface area contributed by atoms with Gasteiger partial charge in [-0.2, -0.15) is 22.0 Å². The molecule has 0 atom stereocenters. The molecule has 0 unspecified atom stereocenters. The van der Waals surface area contributed by atoms with Crippen LogP contribution in [0.3, 0.4) is 0 Å². The number of hydrogen-bond acceptors (Lipinski definition) is 3. The van der Waals surface area contributed by atoms with E-state index in [4.69, 9.17) is 9.47 Å². The minimum absolute atomic E-state index is 0.0234. The molecule has 0 saturated heterocycles. The topological polar surface area (TPSA) is 35.5 Å². The molecular weight excluding hydrogens is 299 g/mol. The van der Waals surface area contributed by atoms with Crippen LogP contribution in [0.1, 0.15) is 24.2 Å². The number of halogens is 5. The Bertz CT molecular complexity index is 487. The van der Waals surface area contributed by atoms with Crippen LogP contribution in [0.15, 0.2) is 18.2 Å². The fourth-order valence-electron chi connectivity index (χ4n) is 1.51. The van der Waals surface area contributed by atoms with Gasteiger partial charge < -0.3 is 9.47 Å². The molecule has 1 aromatic carbocycles. The summed E-state index contributed by atoms with van der Waals surface area (Å²) in [6.45, 7) is 3.50. The second-order valence-electron chi connectivity index (χ2n) is 3.96. The number of benzene rings is 1. The molecule has 0 bridgehead atoms. The van der Waals surface area contributed by atoms with Crippen molar-refractivity contribution >= 4 is 5.78 Å². The van der Waals surface area contributed by atoms with Crippen LogP contribution < -0.4 is 9.47 Å². The minimum Gasteiger partial charge on any atom is -0.494 e. The highest BCUT2D eigenvalue weighted by Gasteiger charge is 2.63. The first-order valence-corrected chi connectivity index (χ1v) is 6.03. The molecule has 0 fully saturated rings. The number of ether oxygens (including phenoxy) is 2. The number of alkyl halides is 5. The van der Waals surface area contributed by atoms with E-state index < -0.39 is 23.4 Å². The first kappa shape index (κ1) is 17.2. The summed E-state index contributed by atoms with van der Waals surface area (Å²) < 4.78 is 72.9. The molecule has 1 aromatic rings. The molecule has 0 N–H and O–H groups in total. The summed E-state index contributed by atoms with van der Waals surface area (Å²) in [6, 6.07) is 2.96. The maximum atomic E-state index is 13.1. The maximum absolute atomic E-state index is 13.1. The molecule has 21 heavy (non-hydrogen) atoms. The Morgan fingerprint density at radius 2 is 1.38 bits per heavy atom. The first-order valence-electron chi connectivity index (χ1n) is 6.03. The molecule has 0 amide bonds. The molecule has 0 heterocycles. The largest absolute Gasteiger partial charge is 0.494 e. The van der Waals surface area contributed by atoms with Crippen LogP contribution >= 0.6 is 0 Å². The highest BCUT2D eigenvalue weighted by Crippen LogP contribution is 2.39. The molecule has 0 spiro atoms. The van der Waals surface area contributed by atoms with E-state index in [1.807, 2.05) is 0 Å². The van der Waals surface area contributed by atoms with Gasteiger partial charge in [-0.1, -0.05) is 0 Å². The van der Waals surface area contributed by atoms with Crippen molar-refractivity contribution in [2.24, 2.45) is 0 Å². The predicted molar refractivity (Wildman–Crippen MR) is 64.1 cm³/mol. The Balaban J connectivity index is 3.25. The monoisotopic (exact) mass is 312 g/mol. The molecule has 3 nitrogen and oxygen atoms in total. The Morgan fingerprint density at radius 3 is 1.71 bits per heavy atom. The van der Waals surface area contributed by atoms with Crippen molar-refractivity contribution in [3.63, 3.8) is 0 Å². The standard InChI is InChI=1S/C13H13F5O3/c1-3-20-9-5-8(6-10(7-9)21-4-2)11(19)12(14,15)13(16,17)18/h5-7H,3-4H2,1-2H3. The average molecular weight is 312 g/mol. The summed E-state index contributed by atoms with van der Waals surface area (Å²) in [7, 11) is 0. The summed E-state index contributed by atoms with van der Waals surface area (Å²) in [5.74, 6) is -7.87. The van der Waals surface area contributed by atoms with E-state index in [2.05, 4.69) is 0 Å². The quantitative estimate of drug-likeness (QED) is 0.591. The van der Waals surface area contributed by atoms with Crippen molar-refractivity contribution in [2.45, 2.75) is 25.9 Å². The van der Waals surface area contributed by atoms with Crippen LogP contribution in [0.4, 0.5) is 22.0 Å². The van der Waals surface area contributed by atoms with Crippen molar-refractivity contribution in [1.82, 2.24) is 0 Å². The Kier molecular flexibility index (Phi) is 5.14. The third-order valence-electron chi connectivity index (χ3n) is 2.41. The molecule has 0 aromatic heterocycles. The second-order valence-corrected chi connectivity index (χ2v) is 3.96. The number of carbonyl (C=O) groups is 1. The third-order valence-corrected chi connectivity index (χ3v) is 2.41. The Hall–Kier alpha value is -1.86. The third kappa shape index (κ3) is 3.83. The molecule has 0 radical (unpaired) electrons. The van der Waals surface area contributed by atoms with Gasteiger partial charge >= 0.3 is 12.1 Å². The minimum atomic E-state index is -5.96. The fraction of sp³-hybridized carbons (Fsp3) is 0.462. The summed E-state index contributed by atoms with van der Waals surface area (Å²) in [4.78, 5) is 11.4. The molecule has 0 saturated carbocycles. The lowest BCUT2D eigenvalue weighted by Gasteiger charge is -2.19. The normalized spacial score (nSPS) is 12.1. The molecule has 0 aliphatic carbocycles. The lowest BCUT2D eigenvalue weighted by molar-refractivity contribution is -0.255. The summed E-state index contributed by atoms with van der Waals surface area (Å²) in [6.07, 6.45) is -5.96. The van der Waals surface area contributed by atoms with E-state index >= 15 is 0 Å². The Morgan fingerprint density at radius 1 is 0.952 bits per heavy atom. The van der Waals surface area contributed by atoms with Gasteiger partial charge in [0.25, 0.3) is 0 Å². The zero-order valence-electron chi connectivity index (χ0n) is 11.3. The average Bonchev–Trinajstić information content (AvgIpc) is 2.37. The van der Waals surface area contributed by atoms with E-state index in [1.165, 1.54) is 6.07 Å². The molecule has 1 rings (SSSR count). The van der Waals surface area contributed by atoms with Gasteiger partial charge in [0.15, 0.2) is 0 Å². The summed E-state index contributed by atoms with van der Waals surface area (Å²) in [5, 5.41) is 0. The lowest BCUT2D eigenvalue weighted by Crippen LogP contribution is -2.44. The van der Waals surface area contributed by atoms with Crippen LogP contribution in [-0.2, 0) is 0 Å². The zero-order chi connectivity index (χ0) is 16.3. The smallest absolute Gasteiger partial charge is 0.461 e. The lowest BCUT2D eigenvalue weighted by atomic mass is 10.0. The van der Waals surface area contributed by atoms with Gasteiger partial charge in [0, 0.05) is 11.6 Å². The van der Waals surface area contributed by atoms with E-state index in [9.17, 15) is 26.7 Å². The summed E-state index contributed by atoms with van der Waals surface area (Å²) in [5.41, 5.74) is -0.827. The van der Waals surface area contributed by atoms with E-state index in [0.717, 1.165) is 12.1 Å². The van der Waals surface area contributed by atoms with Crippen molar-refractivity contribution in [1.29, 1.82) is 0 Å². The van der Waals surface area contributed by atoms with Gasteiger partial charge in [-0.25, -0.2) is 0 Å². The number of Topliss-reactive ketones (excluding diaryl/α,β-unsaturated/α-hetero) is 1. The van der Waals surface area contributed by atoms with E-state index in [-0.39, 0.29) is 24.7 Å². The van der Waals surface area contributed by atoms with Crippen LogP contribution in [0, 0.1) is 0 Å². The van der Waals surface area contributed by atoms with Crippen LogP contribution in [0.25, 0.3) is 0 Å². The van der Waals surface area contributed by atoms with Gasteiger partial charge in [-0.05, 0) is 26.0 Å². The second kappa shape index (κ2) is 6.28. The van der Waals surface area contributed by atoms with Gasteiger partial charge in [0.2, 0.25) is 5.78 Å². The predicted octanol–water partition coefficient (Wildman–Crippen LogP) is 3.86. The fourth-order valence-corrected chi connectivity index (χ4v) is 1.51. The maximum Gasteiger partial charge on any atom is 0.461 e. The zero-order valence-corrected chi connectivity index (χ0v) is 11.3. The first-order chi connectivity index (χ1) is 9.63. The van der Waals surface area contributed by atoms with Crippen molar-refractivity contribution in [3.05, 3.63) is 23.8 Å². The van der Waals surface area contributed by atoms with Crippen molar-refractivity contribution in [2.75, 3.05) is 13.2 Å². The molecule has 0 aliphatic rings. The highest BCUT2D eigenvalue weighted by molar-refractivity contribution is 6.02. The van der Waals surface area contributed by atoms with Crippen molar-refractivity contribution in [3.8, 4) is 11.5 Å². The highest BCUT2D eigenvalue weighted by atomic mass is 19.4. The van der Waals surface area contributed by atoms with Crippen LogP contribution in [-0.4, -0.2) is 31.1 Å². The van der Waals surface area contributed by atoms with Gasteiger partial charge in [0.05, 0.1) is 13.2 Å². The van der Waals surface area contributed by atoms with Crippen LogP contribution in [0.2, 0.25) is 0 Å². The van der Waals surface area contributed by atoms with Crippen molar-refractivity contribution < 1.29 is 36.2 Å². The van der Waals surface area contributed by atoms with Gasteiger partial charge in [-0.3, -0.25) is 4.79 Å². The van der Waals surface area contributed by atoms with E-state index in [0.29, 0.717) is 0 Å². The SMILES string of the molecule is CCOc1cc(OCC)cc(C(=O)C(F)(F)C(F)(F)F)c1.